The molecule has 4 aliphatic carbocycles. The van der Waals surface area contributed by atoms with Crippen LogP contribution in [0.2, 0.25) is 0 Å². The van der Waals surface area contributed by atoms with Gasteiger partial charge in [0.15, 0.2) is 0 Å². The van der Waals surface area contributed by atoms with Crippen molar-refractivity contribution >= 4 is 0 Å². The molecule has 1 N–H and O–H groups in total. The summed E-state index contributed by atoms with van der Waals surface area (Å²) in [6, 6.07) is 5.05. The number of hydrogen-bond acceptors (Lipinski definition) is 1. The van der Waals surface area contributed by atoms with Crippen molar-refractivity contribution in [1.29, 1.82) is 0 Å². The molecular weight excluding hydrogens is 412 g/mol. The fourth-order valence-corrected chi connectivity index (χ4v) is 8.66. The van der Waals surface area contributed by atoms with Gasteiger partial charge in [-0.15, -0.1) is 0 Å². The molecule has 4 aliphatic rings. The van der Waals surface area contributed by atoms with Gasteiger partial charge < -0.3 is 5.11 Å². The molecule has 0 aliphatic heterocycles. The van der Waals surface area contributed by atoms with E-state index in [1.54, 1.807) is 44.5 Å². The minimum atomic E-state index is -0.258. The monoisotopic (exact) mass is 456 g/mol. The molecule has 2 aromatic carbocycles. The van der Waals surface area contributed by atoms with Crippen molar-refractivity contribution < 1.29 is 5.11 Å². The highest BCUT2D eigenvalue weighted by molar-refractivity contribution is 5.57. The average molecular weight is 457 g/mol. The van der Waals surface area contributed by atoms with E-state index in [1.807, 2.05) is 0 Å². The van der Waals surface area contributed by atoms with Gasteiger partial charge >= 0.3 is 0 Å². The van der Waals surface area contributed by atoms with Crippen molar-refractivity contribution in [3.8, 4) is 0 Å². The summed E-state index contributed by atoms with van der Waals surface area (Å²) in [6.07, 6.45) is 9.29. The van der Waals surface area contributed by atoms with Crippen LogP contribution in [0, 0.1) is 11.8 Å². The third-order valence-corrected chi connectivity index (χ3v) is 9.86. The molecule has 0 amide bonds. The topological polar surface area (TPSA) is 20.2 Å². The number of hydrogen-bond donors (Lipinski definition) is 1. The van der Waals surface area contributed by atoms with Crippen molar-refractivity contribution in [2.24, 2.45) is 11.8 Å². The molecule has 0 saturated heterocycles. The average Bonchev–Trinajstić information content (AvgIpc) is 3.49. The SMILES string of the molecule is CC1c2cc3c(c(C(C)(C)C)c2CC1C1Cc2cc4c(c(C(C)(C)C)c2C1)CCC4O)CCC3. The number of aliphatic hydroxyl groups excluding tert-OH is 1. The second-order valence-electron chi connectivity index (χ2n) is 14.1. The van der Waals surface area contributed by atoms with Crippen LogP contribution in [0.15, 0.2) is 12.1 Å². The lowest BCUT2D eigenvalue weighted by molar-refractivity contribution is 0.180. The van der Waals surface area contributed by atoms with Gasteiger partial charge in [0.05, 0.1) is 6.10 Å². The van der Waals surface area contributed by atoms with Crippen molar-refractivity contribution in [3.63, 3.8) is 0 Å². The van der Waals surface area contributed by atoms with Crippen molar-refractivity contribution in [2.75, 3.05) is 0 Å². The third-order valence-electron chi connectivity index (χ3n) is 9.86. The maximum absolute atomic E-state index is 10.7. The van der Waals surface area contributed by atoms with Crippen LogP contribution in [0.25, 0.3) is 0 Å². The van der Waals surface area contributed by atoms with E-state index < -0.39 is 0 Å². The zero-order valence-corrected chi connectivity index (χ0v) is 22.6. The molecule has 6 rings (SSSR count). The number of aliphatic hydroxyl groups is 1. The first-order valence-corrected chi connectivity index (χ1v) is 14.0. The molecule has 1 nitrogen and oxygen atoms in total. The number of fused-ring (bicyclic) bond motifs is 4. The van der Waals surface area contributed by atoms with Gasteiger partial charge in [0.25, 0.3) is 0 Å². The Morgan fingerprint density at radius 2 is 1.38 bits per heavy atom. The summed E-state index contributed by atoms with van der Waals surface area (Å²) >= 11 is 0. The Labute approximate surface area is 207 Å². The Morgan fingerprint density at radius 1 is 0.706 bits per heavy atom. The van der Waals surface area contributed by atoms with E-state index in [9.17, 15) is 5.11 Å². The minimum absolute atomic E-state index is 0.138. The number of rotatable bonds is 1. The standard InChI is InChI=1S/C33H44O/c1-18-24(17-28-25(18)14-19-9-8-10-22(19)30(28)32(2,3)4)20-13-21-16-27-23(11-12-29(27)34)31(26(21)15-20)33(5,6)7/h14,16,18,20,24,29,34H,8-13,15,17H2,1-7H3. The summed E-state index contributed by atoms with van der Waals surface area (Å²) in [5.41, 5.74) is 16.3. The highest BCUT2D eigenvalue weighted by atomic mass is 16.3. The van der Waals surface area contributed by atoms with Crippen molar-refractivity contribution in [1.82, 2.24) is 0 Å². The fraction of sp³-hybridized carbons (Fsp3) is 0.636. The van der Waals surface area contributed by atoms with Gasteiger partial charge in [0, 0.05) is 0 Å². The Hall–Kier alpha value is -1.60. The summed E-state index contributed by atoms with van der Waals surface area (Å²) in [5, 5.41) is 10.7. The minimum Gasteiger partial charge on any atom is -0.388 e. The lowest BCUT2D eigenvalue weighted by atomic mass is 9.77. The van der Waals surface area contributed by atoms with Crippen LogP contribution >= 0.6 is 0 Å². The van der Waals surface area contributed by atoms with Gasteiger partial charge in [-0.25, -0.2) is 0 Å². The van der Waals surface area contributed by atoms with Gasteiger partial charge in [-0.1, -0.05) is 60.6 Å². The molecule has 0 bridgehead atoms. The molecule has 0 heterocycles. The summed E-state index contributed by atoms with van der Waals surface area (Å²) in [4.78, 5) is 0. The van der Waals surface area contributed by atoms with Crippen molar-refractivity contribution in [3.05, 3.63) is 67.8 Å². The first-order chi connectivity index (χ1) is 15.9. The molecule has 1 heteroatoms. The van der Waals surface area contributed by atoms with Crippen LogP contribution in [0.5, 0.6) is 0 Å². The highest BCUT2D eigenvalue weighted by Gasteiger charge is 2.43. The summed E-state index contributed by atoms with van der Waals surface area (Å²) in [7, 11) is 0. The lowest BCUT2D eigenvalue weighted by Crippen LogP contribution is -2.20. The molecule has 0 radical (unpaired) electrons. The van der Waals surface area contributed by atoms with Crippen LogP contribution in [0.3, 0.4) is 0 Å². The Kier molecular flexibility index (Phi) is 5.01. The predicted octanol–water partition coefficient (Wildman–Crippen LogP) is 7.44. The van der Waals surface area contributed by atoms with E-state index in [4.69, 9.17) is 0 Å². The maximum atomic E-state index is 10.7. The van der Waals surface area contributed by atoms with Crippen LogP contribution in [0.1, 0.15) is 129 Å². The normalized spacial score (nSPS) is 27.6. The summed E-state index contributed by atoms with van der Waals surface area (Å²) in [6.45, 7) is 17.0. The van der Waals surface area contributed by atoms with Gasteiger partial charge in [-0.3, -0.25) is 0 Å². The van der Waals surface area contributed by atoms with E-state index in [0.717, 1.165) is 24.7 Å². The van der Waals surface area contributed by atoms with E-state index in [0.29, 0.717) is 5.92 Å². The Bertz CT molecular complexity index is 1170. The Balaban J connectivity index is 1.39. The molecule has 34 heavy (non-hydrogen) atoms. The molecule has 0 fully saturated rings. The predicted molar refractivity (Wildman–Crippen MR) is 142 cm³/mol. The van der Waals surface area contributed by atoms with Gasteiger partial charge in [0.2, 0.25) is 0 Å². The van der Waals surface area contributed by atoms with Gasteiger partial charge in [0.1, 0.15) is 0 Å². The van der Waals surface area contributed by atoms with Crippen LogP contribution in [-0.2, 0) is 49.4 Å². The van der Waals surface area contributed by atoms with Crippen molar-refractivity contribution in [2.45, 2.75) is 123 Å². The maximum Gasteiger partial charge on any atom is 0.0796 e. The van der Waals surface area contributed by atoms with Gasteiger partial charge in [-0.2, -0.15) is 0 Å². The zero-order chi connectivity index (χ0) is 24.2. The second kappa shape index (κ2) is 7.45. The lowest BCUT2D eigenvalue weighted by Gasteiger charge is -2.28. The molecule has 4 atom stereocenters. The third kappa shape index (κ3) is 3.29. The number of aryl methyl sites for hydroxylation is 1. The molecule has 2 aromatic rings. The molecule has 182 valence electrons. The molecule has 4 unspecified atom stereocenters. The first kappa shape index (κ1) is 22.8. The zero-order valence-electron chi connectivity index (χ0n) is 22.6. The number of benzene rings is 2. The van der Waals surface area contributed by atoms with E-state index in [2.05, 4.69) is 60.6 Å². The van der Waals surface area contributed by atoms with Crippen LogP contribution < -0.4 is 0 Å². The molecule has 0 saturated carbocycles. The van der Waals surface area contributed by atoms with E-state index >= 15 is 0 Å². The summed E-state index contributed by atoms with van der Waals surface area (Å²) in [5.74, 6) is 2.11. The van der Waals surface area contributed by atoms with E-state index in [1.165, 1.54) is 49.7 Å². The second-order valence-corrected chi connectivity index (χ2v) is 14.1. The molecule has 0 spiro atoms. The van der Waals surface area contributed by atoms with Crippen LogP contribution in [-0.4, -0.2) is 5.11 Å². The molecular formula is C33H44O. The van der Waals surface area contributed by atoms with Gasteiger partial charge in [-0.05, 0) is 136 Å². The summed E-state index contributed by atoms with van der Waals surface area (Å²) < 4.78 is 0. The Morgan fingerprint density at radius 3 is 2.09 bits per heavy atom. The largest absolute Gasteiger partial charge is 0.388 e. The fourth-order valence-electron chi connectivity index (χ4n) is 8.66. The highest BCUT2D eigenvalue weighted by Crippen LogP contribution is 2.53. The van der Waals surface area contributed by atoms with Crippen LogP contribution in [0.4, 0.5) is 0 Å². The quantitative estimate of drug-likeness (QED) is 0.473. The first-order valence-electron chi connectivity index (χ1n) is 14.0. The van der Waals surface area contributed by atoms with E-state index in [-0.39, 0.29) is 16.9 Å². The smallest absolute Gasteiger partial charge is 0.0796 e. The molecule has 0 aromatic heterocycles.